The molecule has 2 heteroatoms. The molecule has 0 saturated heterocycles. The molecule has 0 radical (unpaired) electrons. The van der Waals surface area contributed by atoms with E-state index >= 15 is 8.78 Å². The Labute approximate surface area is 246 Å². The van der Waals surface area contributed by atoms with Crippen LogP contribution in [0.5, 0.6) is 0 Å². The molecule has 10 fully saturated rings. The summed E-state index contributed by atoms with van der Waals surface area (Å²) in [6, 6.07) is 0. The van der Waals surface area contributed by atoms with E-state index in [1.54, 1.807) is 5.57 Å². The number of allylic oxidation sites excluding steroid dienone is 8. The summed E-state index contributed by atoms with van der Waals surface area (Å²) in [5.74, 6) is 19.5. The lowest BCUT2D eigenvalue weighted by atomic mass is 9.44. The summed E-state index contributed by atoms with van der Waals surface area (Å²) in [6.45, 7) is 0. The maximum Gasteiger partial charge on any atom is 0.153 e. The van der Waals surface area contributed by atoms with Crippen molar-refractivity contribution in [3.63, 3.8) is 0 Å². The van der Waals surface area contributed by atoms with Crippen LogP contribution in [-0.4, -0.2) is 12.3 Å². The summed E-state index contributed by atoms with van der Waals surface area (Å²) < 4.78 is 33.9. The van der Waals surface area contributed by atoms with Gasteiger partial charge in [0.1, 0.15) is 6.17 Å². The highest BCUT2D eigenvalue weighted by Gasteiger charge is 2.86. The van der Waals surface area contributed by atoms with Crippen LogP contribution >= 0.6 is 0 Å². The quantitative estimate of drug-likeness (QED) is 0.277. The number of rotatable bonds is 0. The molecule has 0 aromatic rings. The largest absolute Gasteiger partial charge is 0.244 e. The van der Waals surface area contributed by atoms with Gasteiger partial charge in [-0.1, -0.05) is 41.0 Å². The molecule has 42 heavy (non-hydrogen) atoms. The average Bonchev–Trinajstić information content (AvgIpc) is 3.82. The van der Waals surface area contributed by atoms with E-state index in [0.717, 1.165) is 100 Å². The summed E-state index contributed by atoms with van der Waals surface area (Å²) >= 11 is 0. The van der Waals surface area contributed by atoms with Crippen LogP contribution in [0, 0.1) is 154 Å². The van der Waals surface area contributed by atoms with Gasteiger partial charge in [0, 0.05) is 11.8 Å². The van der Waals surface area contributed by atoms with Crippen LogP contribution in [-0.2, 0) is 0 Å². The fraction of sp³-hybridized carbons (Fsp3) is 0.800. The van der Waals surface area contributed by atoms with Gasteiger partial charge in [0.25, 0.3) is 0 Å². The summed E-state index contributed by atoms with van der Waals surface area (Å²) in [6.07, 6.45) is 13.8. The van der Waals surface area contributed by atoms with Crippen LogP contribution in [0.1, 0.15) is 25.7 Å². The van der Waals surface area contributed by atoms with Crippen molar-refractivity contribution in [2.24, 2.45) is 154 Å². The molecule has 28 atom stereocenters. The Bertz CT molecular complexity index is 1650. The molecule has 0 aliphatic heterocycles. The molecule has 10 saturated carbocycles. The molecular formula is C40H40F2. The second-order valence-corrected chi connectivity index (χ2v) is 19.6. The van der Waals surface area contributed by atoms with E-state index in [4.69, 9.17) is 0 Å². The summed E-state index contributed by atoms with van der Waals surface area (Å²) in [4.78, 5) is 0. The van der Waals surface area contributed by atoms with Gasteiger partial charge in [-0.05, 0) is 173 Å². The highest BCUT2D eigenvalue weighted by Crippen LogP contribution is 2.90. The van der Waals surface area contributed by atoms with Gasteiger partial charge in [0.05, 0.1) is 0 Å². The van der Waals surface area contributed by atoms with Crippen molar-refractivity contribution in [2.45, 2.75) is 38.0 Å². The first-order valence-corrected chi connectivity index (χ1v) is 18.9. The Balaban J connectivity index is 1.11. The predicted octanol–water partition coefficient (Wildman–Crippen LogP) is 7.17. The van der Waals surface area contributed by atoms with Crippen LogP contribution in [0.4, 0.5) is 8.78 Å². The first-order chi connectivity index (χ1) is 20.8. The molecule has 16 rings (SSSR count). The van der Waals surface area contributed by atoms with Crippen molar-refractivity contribution in [3.05, 3.63) is 46.6 Å². The van der Waals surface area contributed by atoms with E-state index in [2.05, 4.69) is 29.9 Å². The number of hydrogen-bond donors (Lipinski definition) is 0. The molecule has 214 valence electrons. The van der Waals surface area contributed by atoms with E-state index in [9.17, 15) is 0 Å². The lowest BCUT2D eigenvalue weighted by molar-refractivity contribution is -0.127. The van der Waals surface area contributed by atoms with Gasteiger partial charge in [0.15, 0.2) is 6.17 Å². The molecule has 0 aromatic carbocycles. The van der Waals surface area contributed by atoms with Crippen molar-refractivity contribution in [1.29, 1.82) is 0 Å². The molecule has 16 aliphatic rings. The summed E-state index contributed by atoms with van der Waals surface area (Å²) in [7, 11) is 0. The van der Waals surface area contributed by atoms with E-state index < -0.39 is 12.3 Å². The number of hydrogen-bond acceptors (Lipinski definition) is 0. The van der Waals surface area contributed by atoms with Crippen molar-refractivity contribution in [2.75, 3.05) is 0 Å². The molecule has 0 heterocycles. The number of alkyl halides is 2. The van der Waals surface area contributed by atoms with Gasteiger partial charge in [-0.3, -0.25) is 0 Å². The Morgan fingerprint density at radius 2 is 0.905 bits per heavy atom. The topological polar surface area (TPSA) is 0 Å². The Morgan fingerprint density at radius 3 is 1.76 bits per heavy atom. The maximum absolute atomic E-state index is 17.0. The van der Waals surface area contributed by atoms with Crippen LogP contribution < -0.4 is 0 Å². The van der Waals surface area contributed by atoms with Gasteiger partial charge < -0.3 is 0 Å². The van der Waals surface area contributed by atoms with Crippen molar-refractivity contribution < 1.29 is 8.78 Å². The smallest absolute Gasteiger partial charge is 0.153 e. The van der Waals surface area contributed by atoms with Gasteiger partial charge in [0.2, 0.25) is 0 Å². The van der Waals surface area contributed by atoms with Crippen molar-refractivity contribution in [1.82, 2.24) is 0 Å². The SMILES string of the molecule is FC1C2=C3C4C5C6=C7C8C(C=CC2C84)C2C=CC4C8CCC9C%10CCC%11C(C1F)C3C1C%11C%10C3C9C8C(C6C3C51)C4C72. The molecule has 0 N–H and O–H groups in total. The third kappa shape index (κ3) is 1.52. The first kappa shape index (κ1) is 20.8. The maximum atomic E-state index is 17.0. The molecule has 28 unspecified atom stereocenters. The second-order valence-electron chi connectivity index (χ2n) is 19.6. The van der Waals surface area contributed by atoms with Crippen molar-refractivity contribution >= 4 is 0 Å². The Morgan fingerprint density at radius 1 is 0.381 bits per heavy atom. The van der Waals surface area contributed by atoms with Gasteiger partial charge >= 0.3 is 0 Å². The molecule has 0 aromatic heterocycles. The van der Waals surface area contributed by atoms with Gasteiger partial charge in [-0.25, -0.2) is 8.78 Å². The minimum absolute atomic E-state index is 0.0200. The van der Waals surface area contributed by atoms with Crippen LogP contribution in [0.15, 0.2) is 46.6 Å². The fourth-order valence-electron chi connectivity index (χ4n) is 21.7. The zero-order chi connectivity index (χ0) is 26.1. The average molecular weight is 559 g/mol. The first-order valence-electron chi connectivity index (χ1n) is 18.9. The zero-order valence-corrected chi connectivity index (χ0v) is 24.1. The highest BCUT2D eigenvalue weighted by atomic mass is 19.2. The summed E-state index contributed by atoms with van der Waals surface area (Å²) in [5, 5.41) is 0. The fourth-order valence-corrected chi connectivity index (χ4v) is 21.7. The highest BCUT2D eigenvalue weighted by molar-refractivity contribution is 5.57. The van der Waals surface area contributed by atoms with Crippen LogP contribution in [0.25, 0.3) is 0 Å². The third-order valence-electron chi connectivity index (χ3n) is 20.7. The Kier molecular flexibility index (Phi) is 2.81. The molecule has 0 nitrogen and oxygen atoms in total. The van der Waals surface area contributed by atoms with Gasteiger partial charge in [-0.2, -0.15) is 0 Å². The molecule has 16 aliphatic carbocycles. The van der Waals surface area contributed by atoms with E-state index in [0.29, 0.717) is 47.3 Å². The predicted molar refractivity (Wildman–Crippen MR) is 151 cm³/mol. The van der Waals surface area contributed by atoms with E-state index in [1.807, 2.05) is 5.57 Å². The van der Waals surface area contributed by atoms with Crippen LogP contribution in [0.2, 0.25) is 0 Å². The summed E-state index contributed by atoms with van der Waals surface area (Å²) in [5.41, 5.74) is 6.80. The van der Waals surface area contributed by atoms with Crippen LogP contribution in [0.3, 0.4) is 0 Å². The minimum atomic E-state index is -1.31. The third-order valence-corrected chi connectivity index (χ3v) is 20.7. The Hall–Kier alpha value is -1.18. The lowest BCUT2D eigenvalue weighted by Crippen LogP contribution is -2.57. The van der Waals surface area contributed by atoms with E-state index in [-0.39, 0.29) is 11.8 Å². The van der Waals surface area contributed by atoms with Crippen molar-refractivity contribution in [3.8, 4) is 0 Å². The standard InChI is InChI=1S/C40H40F2/c41-39-25-15-7-5-13-11-3-1-9-10-2-4-12-14-6-8-16-24-22(14)29-20(12)18(10)27-17(9)19(11)28-21(13)23(15)30-32(25)33(26(16)40(39)42)31(24)38-36(29)34(27)35(28)37(30)38/h1,3,5,7,9-24,26-27,29-31,33-34,36-40H,2,4,6,8H2. The number of fused-ring (bicyclic) bond motifs is 5. The molecule has 0 bridgehead atoms. The second kappa shape index (κ2) is 5.68. The minimum Gasteiger partial charge on any atom is -0.244 e. The molecule has 0 amide bonds. The normalized spacial score (nSPS) is 79.4. The monoisotopic (exact) mass is 558 g/mol. The number of halogens is 2. The van der Waals surface area contributed by atoms with Gasteiger partial charge in [-0.15, -0.1) is 0 Å². The molecular weight excluding hydrogens is 518 g/mol. The zero-order valence-electron chi connectivity index (χ0n) is 24.1. The van der Waals surface area contributed by atoms with E-state index in [1.165, 1.54) is 25.7 Å². The molecule has 0 spiro atoms. The lowest BCUT2D eigenvalue weighted by Gasteiger charge is -2.60.